The van der Waals surface area contributed by atoms with E-state index in [-0.39, 0.29) is 12.5 Å². The molecule has 0 spiro atoms. The molecule has 0 saturated carbocycles. The van der Waals surface area contributed by atoms with Gasteiger partial charge in [-0.2, -0.15) is 13.2 Å². The molecule has 0 aliphatic carbocycles. The van der Waals surface area contributed by atoms with Gasteiger partial charge >= 0.3 is 11.9 Å². The number of aromatic amines is 1. The monoisotopic (exact) mass is 478 g/mol. The van der Waals surface area contributed by atoms with Crippen LogP contribution < -0.4 is 16.8 Å². The summed E-state index contributed by atoms with van der Waals surface area (Å²) in [5.74, 6) is -0.815. The number of nitrogens with one attached hydrogen (secondary N) is 2. The summed E-state index contributed by atoms with van der Waals surface area (Å²) >= 11 is 1.40. The number of aromatic nitrogens is 2. The Morgan fingerprint density at radius 3 is 2.70 bits per heavy atom. The highest BCUT2D eigenvalue weighted by molar-refractivity contribution is 7.18. The number of oxazole rings is 1. The SMILES string of the molecule is COC[C@@H](c1ccc(C(F)(F)F)cc1)[C@@H](N)CNc1ncc(-c2ccc3[nH]c(=O)oc3c2)s1. The van der Waals surface area contributed by atoms with Crippen molar-refractivity contribution in [2.45, 2.75) is 18.1 Å². The van der Waals surface area contributed by atoms with E-state index in [1.807, 2.05) is 6.07 Å². The van der Waals surface area contributed by atoms with Gasteiger partial charge in [0, 0.05) is 31.8 Å². The first-order valence-corrected chi connectivity index (χ1v) is 10.8. The normalized spacial score (nSPS) is 13.8. The van der Waals surface area contributed by atoms with Crippen LogP contribution in [0.25, 0.3) is 21.5 Å². The average Bonchev–Trinajstić information content (AvgIpc) is 3.40. The molecule has 4 aromatic rings. The van der Waals surface area contributed by atoms with Gasteiger partial charge in [0.1, 0.15) is 0 Å². The van der Waals surface area contributed by atoms with Crippen LogP contribution in [-0.4, -0.2) is 36.3 Å². The summed E-state index contributed by atoms with van der Waals surface area (Å²) in [6, 6.07) is 9.92. The van der Waals surface area contributed by atoms with Crippen LogP contribution in [-0.2, 0) is 10.9 Å². The number of rotatable bonds is 8. The molecular weight excluding hydrogens is 457 g/mol. The molecule has 2 aromatic heterocycles. The van der Waals surface area contributed by atoms with Gasteiger partial charge < -0.3 is 20.2 Å². The molecule has 0 aliphatic heterocycles. The molecule has 174 valence electrons. The second-order valence-electron chi connectivity index (χ2n) is 7.48. The molecule has 0 saturated heterocycles. The Morgan fingerprint density at radius 1 is 1.24 bits per heavy atom. The van der Waals surface area contributed by atoms with Crippen molar-refractivity contribution >= 4 is 27.6 Å². The quantitative estimate of drug-likeness (QED) is 0.346. The summed E-state index contributed by atoms with van der Waals surface area (Å²) in [5, 5.41) is 3.83. The van der Waals surface area contributed by atoms with E-state index < -0.39 is 23.5 Å². The predicted molar refractivity (Wildman–Crippen MR) is 120 cm³/mol. The topological polar surface area (TPSA) is 106 Å². The zero-order valence-electron chi connectivity index (χ0n) is 17.5. The van der Waals surface area contributed by atoms with Gasteiger partial charge in [0.15, 0.2) is 10.7 Å². The van der Waals surface area contributed by atoms with E-state index >= 15 is 0 Å². The molecule has 0 aliphatic rings. The average molecular weight is 478 g/mol. The molecule has 0 fully saturated rings. The van der Waals surface area contributed by atoms with Gasteiger partial charge in [0.05, 0.1) is 22.6 Å². The Labute approximate surface area is 190 Å². The zero-order chi connectivity index (χ0) is 23.6. The number of benzene rings is 2. The maximum atomic E-state index is 12.9. The van der Waals surface area contributed by atoms with E-state index in [1.165, 1.54) is 30.6 Å². The summed E-state index contributed by atoms with van der Waals surface area (Å²) in [6.07, 6.45) is -2.69. The van der Waals surface area contributed by atoms with E-state index in [2.05, 4.69) is 15.3 Å². The minimum absolute atomic E-state index is 0.263. The zero-order valence-corrected chi connectivity index (χ0v) is 18.3. The third-order valence-electron chi connectivity index (χ3n) is 5.23. The van der Waals surface area contributed by atoms with Gasteiger partial charge in [0.25, 0.3) is 0 Å². The smallest absolute Gasteiger partial charge is 0.408 e. The van der Waals surface area contributed by atoms with Gasteiger partial charge in [-0.25, -0.2) is 9.78 Å². The summed E-state index contributed by atoms with van der Waals surface area (Å²) in [6.45, 7) is 0.604. The number of ether oxygens (including phenoxy) is 1. The van der Waals surface area contributed by atoms with Crippen molar-refractivity contribution in [3.63, 3.8) is 0 Å². The van der Waals surface area contributed by atoms with Crippen molar-refractivity contribution in [3.8, 4) is 10.4 Å². The van der Waals surface area contributed by atoms with E-state index in [0.717, 1.165) is 22.6 Å². The van der Waals surface area contributed by atoms with Crippen LogP contribution >= 0.6 is 11.3 Å². The van der Waals surface area contributed by atoms with Gasteiger partial charge in [-0.05, 0) is 35.4 Å². The minimum Gasteiger partial charge on any atom is -0.408 e. The number of anilines is 1. The number of nitrogens with zero attached hydrogens (tertiary/aromatic N) is 1. The number of thiazole rings is 1. The Kier molecular flexibility index (Phi) is 6.54. The Balaban J connectivity index is 1.43. The fraction of sp³-hybridized carbons (Fsp3) is 0.273. The number of fused-ring (bicyclic) bond motifs is 1. The van der Waals surface area contributed by atoms with Crippen LogP contribution in [0.4, 0.5) is 18.3 Å². The van der Waals surface area contributed by atoms with E-state index in [4.69, 9.17) is 14.9 Å². The summed E-state index contributed by atoms with van der Waals surface area (Å²) in [4.78, 5) is 19.2. The summed E-state index contributed by atoms with van der Waals surface area (Å²) in [5.41, 5.74) is 8.24. The first-order chi connectivity index (χ1) is 15.7. The van der Waals surface area contributed by atoms with Crippen LogP contribution in [0.3, 0.4) is 0 Å². The molecule has 7 nitrogen and oxygen atoms in total. The lowest BCUT2D eigenvalue weighted by atomic mass is 9.92. The summed E-state index contributed by atoms with van der Waals surface area (Å²) < 4.78 is 48.9. The van der Waals surface area contributed by atoms with Crippen molar-refractivity contribution in [3.05, 3.63) is 70.3 Å². The highest BCUT2D eigenvalue weighted by Gasteiger charge is 2.30. The van der Waals surface area contributed by atoms with E-state index in [9.17, 15) is 18.0 Å². The van der Waals surface area contributed by atoms with Crippen LogP contribution in [0.5, 0.6) is 0 Å². The van der Waals surface area contributed by atoms with Gasteiger partial charge in [-0.15, -0.1) is 0 Å². The molecule has 0 bridgehead atoms. The maximum Gasteiger partial charge on any atom is 0.417 e. The number of nitrogens with two attached hydrogens (primary N) is 1. The number of halogens is 3. The van der Waals surface area contributed by atoms with Crippen LogP contribution in [0, 0.1) is 0 Å². The number of hydrogen-bond donors (Lipinski definition) is 3. The molecule has 11 heteroatoms. The third-order valence-corrected chi connectivity index (χ3v) is 6.23. The highest BCUT2D eigenvalue weighted by Crippen LogP contribution is 2.32. The number of H-pyrrole nitrogens is 1. The minimum atomic E-state index is -4.39. The van der Waals surface area contributed by atoms with Crippen LogP contribution in [0.1, 0.15) is 17.0 Å². The van der Waals surface area contributed by atoms with Crippen molar-refractivity contribution in [2.24, 2.45) is 5.73 Å². The second kappa shape index (κ2) is 9.38. The molecule has 0 amide bonds. The Bertz CT molecular complexity index is 1280. The molecule has 2 atom stereocenters. The molecule has 2 aromatic carbocycles. The Hall–Kier alpha value is -3.15. The first-order valence-electron chi connectivity index (χ1n) is 9.99. The molecule has 4 N–H and O–H groups in total. The molecule has 0 unspecified atom stereocenters. The van der Waals surface area contributed by atoms with Crippen molar-refractivity contribution < 1.29 is 22.3 Å². The molecular formula is C22H21F3N4O3S. The van der Waals surface area contributed by atoms with E-state index in [0.29, 0.717) is 28.3 Å². The highest BCUT2D eigenvalue weighted by atomic mass is 32.1. The van der Waals surface area contributed by atoms with Crippen LogP contribution in [0.15, 0.2) is 57.9 Å². The largest absolute Gasteiger partial charge is 0.417 e. The van der Waals surface area contributed by atoms with Crippen molar-refractivity contribution in [2.75, 3.05) is 25.6 Å². The molecule has 33 heavy (non-hydrogen) atoms. The lowest BCUT2D eigenvalue weighted by Gasteiger charge is -2.24. The van der Waals surface area contributed by atoms with Gasteiger partial charge in [0.2, 0.25) is 0 Å². The number of hydrogen-bond acceptors (Lipinski definition) is 7. The Morgan fingerprint density at radius 2 is 2.00 bits per heavy atom. The lowest BCUT2D eigenvalue weighted by molar-refractivity contribution is -0.137. The van der Waals surface area contributed by atoms with Crippen molar-refractivity contribution in [1.29, 1.82) is 0 Å². The third kappa shape index (κ3) is 5.27. The fourth-order valence-corrected chi connectivity index (χ4v) is 4.32. The molecule has 4 rings (SSSR count). The molecule has 0 radical (unpaired) electrons. The number of alkyl halides is 3. The fourth-order valence-electron chi connectivity index (χ4n) is 3.50. The van der Waals surface area contributed by atoms with Gasteiger partial charge in [-0.1, -0.05) is 29.5 Å². The molecule has 2 heterocycles. The standard InChI is InChI=1S/C22H21F3N4O3S/c1-31-11-15(12-2-5-14(6-3-12)22(23,24)25)16(26)9-27-20-28-10-19(33-20)13-4-7-17-18(8-13)32-21(30)29-17/h2-8,10,15-16H,9,11,26H2,1H3,(H,27,28)(H,29,30)/t15-,16-/m0/s1. The number of methoxy groups -OCH3 is 1. The summed E-state index contributed by atoms with van der Waals surface area (Å²) in [7, 11) is 1.52. The maximum absolute atomic E-state index is 12.9. The lowest BCUT2D eigenvalue weighted by Crippen LogP contribution is -2.37. The van der Waals surface area contributed by atoms with Crippen LogP contribution in [0.2, 0.25) is 0 Å². The van der Waals surface area contributed by atoms with Crippen molar-refractivity contribution in [1.82, 2.24) is 9.97 Å². The van der Waals surface area contributed by atoms with E-state index in [1.54, 1.807) is 18.3 Å². The van der Waals surface area contributed by atoms with Gasteiger partial charge in [-0.3, -0.25) is 4.98 Å². The predicted octanol–water partition coefficient (Wildman–Crippen LogP) is 4.43. The first kappa shape index (κ1) is 23.0. The second-order valence-corrected chi connectivity index (χ2v) is 8.51.